The van der Waals surface area contributed by atoms with E-state index >= 15 is 0 Å². The molecule has 0 amide bonds. The monoisotopic (exact) mass is 1040 g/mol. The van der Waals surface area contributed by atoms with Crippen molar-refractivity contribution in [1.82, 2.24) is 0 Å². The molecule has 4 aliphatic carbocycles. The lowest BCUT2D eigenvalue weighted by atomic mass is 9.75. The summed E-state index contributed by atoms with van der Waals surface area (Å²) in [5.41, 5.74) is 1.06. The molecule has 0 aromatic heterocycles. The van der Waals surface area contributed by atoms with E-state index in [4.69, 9.17) is 24.1 Å². The number of ether oxygens (including phenoxy) is 4. The first-order chi connectivity index (χ1) is 27.8. The molecule has 0 heterocycles. The van der Waals surface area contributed by atoms with Gasteiger partial charge in [-0.1, -0.05) is 206 Å². The van der Waals surface area contributed by atoms with E-state index < -0.39 is 0 Å². The van der Waals surface area contributed by atoms with E-state index in [1.54, 1.807) is 0 Å². The van der Waals surface area contributed by atoms with Gasteiger partial charge < -0.3 is 24.1 Å². The van der Waals surface area contributed by atoms with E-state index in [-0.39, 0.29) is 161 Å². The fourth-order valence-corrected chi connectivity index (χ4v) is 9.73. The van der Waals surface area contributed by atoms with Crippen LogP contribution in [0.25, 0.3) is 0 Å². The Kier molecular flexibility index (Phi) is 65.0. The Bertz CT molecular complexity index is 1150. The number of aliphatic hydroxyl groups excluding tert-OH is 1. The van der Waals surface area contributed by atoms with E-state index in [1.807, 2.05) is 20.8 Å². The SMILES string of the molecule is C.C.C.C.C.C.C.C.C.C.C.C.CC(C)(C)C1CCCC1C(=O)OCCO.CCCOC(=O)C1CCC(C(C)(C)C)C1.CCCOC(=O)C1CCC(C(C)(C)C)C1.CCCOC(=O)C1CCCC1C(C)(C)C. The summed E-state index contributed by atoms with van der Waals surface area (Å²) in [4.78, 5) is 46.9. The molecule has 72 heavy (non-hydrogen) atoms. The highest BCUT2D eigenvalue weighted by molar-refractivity contribution is 5.74. The number of hydrogen-bond acceptors (Lipinski definition) is 9. The Morgan fingerprint density at radius 3 is 0.861 bits per heavy atom. The molecule has 0 spiro atoms. The summed E-state index contributed by atoms with van der Waals surface area (Å²) >= 11 is 0. The maximum atomic E-state index is 11.8. The molecule has 8 atom stereocenters. The molecule has 0 saturated heterocycles. The number of carbonyl (C=O) groups is 4. The summed E-state index contributed by atoms with van der Waals surface area (Å²) in [6.45, 7) is 34.6. The Balaban J connectivity index is -0.0000000632. The molecule has 448 valence electrons. The summed E-state index contributed by atoms with van der Waals surface area (Å²) in [5.74, 6) is 2.77. The Hall–Kier alpha value is -2.16. The minimum Gasteiger partial charge on any atom is -0.465 e. The third-order valence-electron chi connectivity index (χ3n) is 13.5. The average molecular weight is 1040 g/mol. The average Bonchev–Trinajstić information content (AvgIpc) is 4.00. The minimum absolute atomic E-state index is 0. The molecule has 8 unspecified atom stereocenters. The van der Waals surface area contributed by atoms with Crippen molar-refractivity contribution in [3.8, 4) is 0 Å². The maximum Gasteiger partial charge on any atom is 0.309 e. The normalized spacial score (nSPS) is 22.2. The molecular weight excluding hydrogens is 901 g/mol. The second-order valence-corrected chi connectivity index (χ2v) is 22.6. The van der Waals surface area contributed by atoms with Crippen molar-refractivity contribution in [3.05, 3.63) is 0 Å². The standard InChI is InChI=1S/3C13H24O2.C12H22O3.12CH4/c1-5-9-15-12(14)10-7-6-8-11(10)13(2,3)4;2*1-5-8-15-12(14)10-6-7-11(9-10)13(2,3)4;1-12(2,3)10-6-4-5-9(10)11(14)15-8-7-13;;;;;;;;;;;;/h3*10-11H,5-9H2,1-4H3;9-10,13H,4-8H2,1-3H3;12*1H4. The summed E-state index contributed by atoms with van der Waals surface area (Å²) in [6.07, 6.45) is 15.7. The predicted molar refractivity (Wildman–Crippen MR) is 324 cm³/mol. The van der Waals surface area contributed by atoms with Crippen molar-refractivity contribution in [1.29, 1.82) is 0 Å². The number of carbonyl (C=O) groups excluding carboxylic acids is 4. The van der Waals surface area contributed by atoms with Crippen molar-refractivity contribution in [2.45, 2.75) is 289 Å². The van der Waals surface area contributed by atoms with Gasteiger partial charge >= 0.3 is 23.9 Å². The summed E-state index contributed by atoms with van der Waals surface area (Å²) < 4.78 is 20.7. The molecule has 0 bridgehead atoms. The van der Waals surface area contributed by atoms with E-state index in [9.17, 15) is 19.2 Å². The third kappa shape index (κ3) is 35.9. The fraction of sp³-hybridized carbons (Fsp3) is 0.937. The van der Waals surface area contributed by atoms with Gasteiger partial charge in [-0.05, 0) is 129 Å². The molecular formula is C63H142O9. The van der Waals surface area contributed by atoms with E-state index in [2.05, 4.69) is 83.1 Å². The zero-order valence-electron chi connectivity index (χ0n) is 41.5. The molecule has 0 aliphatic heterocycles. The van der Waals surface area contributed by atoms with Crippen LogP contribution in [0.2, 0.25) is 0 Å². The van der Waals surface area contributed by atoms with Crippen molar-refractivity contribution in [2.75, 3.05) is 33.0 Å². The lowest BCUT2D eigenvalue weighted by molar-refractivity contribution is -0.152. The van der Waals surface area contributed by atoms with Crippen LogP contribution >= 0.6 is 0 Å². The van der Waals surface area contributed by atoms with Crippen LogP contribution in [0, 0.1) is 69.0 Å². The lowest BCUT2D eigenvalue weighted by Gasteiger charge is -2.31. The van der Waals surface area contributed by atoms with Crippen LogP contribution in [0.15, 0.2) is 0 Å². The molecule has 4 fully saturated rings. The fourth-order valence-electron chi connectivity index (χ4n) is 9.73. The van der Waals surface area contributed by atoms with Gasteiger partial charge in [0, 0.05) is 0 Å². The molecule has 9 nitrogen and oxygen atoms in total. The van der Waals surface area contributed by atoms with E-state index in [0.29, 0.717) is 54.3 Å². The molecule has 4 saturated carbocycles. The summed E-state index contributed by atoms with van der Waals surface area (Å²) in [7, 11) is 0. The summed E-state index contributed by atoms with van der Waals surface area (Å²) in [6, 6.07) is 0. The topological polar surface area (TPSA) is 125 Å². The van der Waals surface area contributed by atoms with Gasteiger partial charge in [0.15, 0.2) is 0 Å². The molecule has 4 rings (SSSR count). The van der Waals surface area contributed by atoms with Gasteiger partial charge in [-0.2, -0.15) is 0 Å². The highest BCUT2D eigenvalue weighted by atomic mass is 16.5. The van der Waals surface area contributed by atoms with Crippen LogP contribution < -0.4 is 0 Å². The number of aliphatic hydroxyl groups is 1. The number of rotatable bonds is 12. The zero-order valence-corrected chi connectivity index (χ0v) is 41.5. The minimum atomic E-state index is -0.124. The van der Waals surface area contributed by atoms with E-state index in [0.717, 1.165) is 70.6 Å². The van der Waals surface area contributed by atoms with Crippen molar-refractivity contribution >= 4 is 23.9 Å². The first kappa shape index (κ1) is 98.9. The molecule has 4 aliphatic rings. The molecule has 0 aromatic rings. The molecule has 0 radical (unpaired) electrons. The number of esters is 4. The first-order valence-electron chi connectivity index (χ1n) is 24.1. The Morgan fingerprint density at radius 1 is 0.375 bits per heavy atom. The Morgan fingerprint density at radius 2 is 0.639 bits per heavy atom. The van der Waals surface area contributed by atoms with Crippen LogP contribution in [-0.2, 0) is 38.1 Å². The predicted octanol–water partition coefficient (Wildman–Crippen LogP) is 19.8. The van der Waals surface area contributed by atoms with Gasteiger partial charge in [-0.3, -0.25) is 19.2 Å². The van der Waals surface area contributed by atoms with Crippen molar-refractivity contribution in [3.63, 3.8) is 0 Å². The third-order valence-corrected chi connectivity index (χ3v) is 13.5. The van der Waals surface area contributed by atoms with Gasteiger partial charge in [0.1, 0.15) is 6.61 Å². The largest absolute Gasteiger partial charge is 0.465 e. The second kappa shape index (κ2) is 47.3. The highest BCUT2D eigenvalue weighted by Gasteiger charge is 2.42. The van der Waals surface area contributed by atoms with Crippen LogP contribution in [0.3, 0.4) is 0 Å². The molecule has 9 heteroatoms. The van der Waals surface area contributed by atoms with Crippen LogP contribution in [0.4, 0.5) is 0 Å². The molecule has 0 aromatic carbocycles. The van der Waals surface area contributed by atoms with Gasteiger partial charge in [-0.15, -0.1) is 0 Å². The van der Waals surface area contributed by atoms with Crippen LogP contribution in [-0.4, -0.2) is 62.0 Å². The van der Waals surface area contributed by atoms with Gasteiger partial charge in [0.25, 0.3) is 0 Å². The lowest BCUT2D eigenvalue weighted by Crippen LogP contribution is -2.30. The van der Waals surface area contributed by atoms with E-state index in [1.165, 1.54) is 25.7 Å². The summed E-state index contributed by atoms with van der Waals surface area (Å²) in [5, 5.41) is 8.61. The maximum absolute atomic E-state index is 11.8. The van der Waals surface area contributed by atoms with Crippen molar-refractivity contribution in [2.24, 2.45) is 69.0 Å². The number of hydrogen-bond donors (Lipinski definition) is 1. The smallest absolute Gasteiger partial charge is 0.309 e. The van der Waals surface area contributed by atoms with Crippen LogP contribution in [0.5, 0.6) is 0 Å². The Labute approximate surface area is 456 Å². The zero-order chi connectivity index (χ0) is 45.9. The second-order valence-electron chi connectivity index (χ2n) is 22.6. The first-order valence-corrected chi connectivity index (χ1v) is 24.1. The van der Waals surface area contributed by atoms with Crippen molar-refractivity contribution < 1.29 is 43.2 Å². The van der Waals surface area contributed by atoms with Gasteiger partial charge in [-0.25, -0.2) is 0 Å². The molecule has 1 N–H and O–H groups in total. The van der Waals surface area contributed by atoms with Crippen LogP contribution in [0.1, 0.15) is 289 Å². The quantitative estimate of drug-likeness (QED) is 0.150. The van der Waals surface area contributed by atoms with Gasteiger partial charge in [0.05, 0.1) is 50.1 Å². The van der Waals surface area contributed by atoms with Gasteiger partial charge in [0.2, 0.25) is 0 Å². The highest BCUT2D eigenvalue weighted by Crippen LogP contribution is 2.46.